The molecule has 0 atom stereocenters. The number of nitrogens with one attached hydrogen (secondary N) is 1. The number of benzene rings is 2. The Morgan fingerprint density at radius 3 is 2.43 bits per heavy atom. The number of anilines is 2. The fraction of sp³-hybridized carbons (Fsp3) is 0.333. The van der Waals surface area contributed by atoms with Gasteiger partial charge in [-0.3, -0.25) is 0 Å². The van der Waals surface area contributed by atoms with Gasteiger partial charge in [-0.25, -0.2) is 0 Å². The smallest absolute Gasteiger partial charge is 0.141 e. The van der Waals surface area contributed by atoms with E-state index in [1.54, 1.807) is 7.11 Å². The molecule has 0 heterocycles. The van der Waals surface area contributed by atoms with Gasteiger partial charge in [0.25, 0.3) is 0 Å². The van der Waals surface area contributed by atoms with Crippen LogP contribution in [0.4, 0.5) is 11.4 Å². The van der Waals surface area contributed by atoms with Gasteiger partial charge in [-0.05, 0) is 34.7 Å². The number of ether oxygens (including phenoxy) is 1. The third-order valence-corrected chi connectivity index (χ3v) is 3.59. The summed E-state index contributed by atoms with van der Waals surface area (Å²) in [4.78, 5) is 0. The van der Waals surface area contributed by atoms with Crippen LogP contribution in [0, 0.1) is 0 Å². The van der Waals surface area contributed by atoms with E-state index in [2.05, 4.69) is 38.2 Å². The second-order valence-corrected chi connectivity index (χ2v) is 6.22. The van der Waals surface area contributed by atoms with Crippen LogP contribution in [0.3, 0.4) is 0 Å². The molecule has 3 N–H and O–H groups in total. The van der Waals surface area contributed by atoms with Gasteiger partial charge in [-0.15, -0.1) is 0 Å². The molecule has 0 unspecified atom stereocenters. The molecule has 0 saturated carbocycles. The van der Waals surface area contributed by atoms with Crippen LogP contribution in [-0.2, 0) is 12.0 Å². The Morgan fingerprint density at radius 2 is 1.81 bits per heavy atom. The molecule has 0 fully saturated rings. The van der Waals surface area contributed by atoms with Crippen molar-refractivity contribution in [1.29, 1.82) is 0 Å². The molecular formula is C18H24N2O. The van der Waals surface area contributed by atoms with E-state index in [1.165, 1.54) is 5.56 Å². The van der Waals surface area contributed by atoms with E-state index in [9.17, 15) is 0 Å². The summed E-state index contributed by atoms with van der Waals surface area (Å²) in [7, 11) is 1.69. The zero-order valence-electron chi connectivity index (χ0n) is 13.2. The van der Waals surface area contributed by atoms with E-state index in [-0.39, 0.29) is 5.41 Å². The normalized spacial score (nSPS) is 11.2. The molecule has 2 aromatic rings. The lowest BCUT2D eigenvalue weighted by Crippen LogP contribution is -2.12. The molecule has 0 aliphatic heterocycles. The van der Waals surface area contributed by atoms with Crippen molar-refractivity contribution in [1.82, 2.24) is 0 Å². The highest BCUT2D eigenvalue weighted by molar-refractivity contribution is 5.60. The highest BCUT2D eigenvalue weighted by Crippen LogP contribution is 2.31. The predicted octanol–water partition coefficient (Wildman–Crippen LogP) is 4.19. The maximum absolute atomic E-state index is 5.98. The molecule has 0 bridgehead atoms. The van der Waals surface area contributed by atoms with Gasteiger partial charge in [-0.2, -0.15) is 0 Å². The number of hydrogen-bond donors (Lipinski definition) is 2. The molecule has 0 aromatic heterocycles. The van der Waals surface area contributed by atoms with Gasteiger partial charge in [-0.1, -0.05) is 45.0 Å². The molecular weight excluding hydrogens is 260 g/mol. The van der Waals surface area contributed by atoms with Crippen molar-refractivity contribution < 1.29 is 4.74 Å². The molecule has 0 spiro atoms. The summed E-state index contributed by atoms with van der Waals surface area (Å²) in [5.41, 5.74) is 10.2. The van der Waals surface area contributed by atoms with Crippen LogP contribution in [-0.4, -0.2) is 7.11 Å². The topological polar surface area (TPSA) is 47.3 Å². The molecule has 0 aliphatic carbocycles. The number of para-hydroxylation sites is 1. The first-order valence-corrected chi connectivity index (χ1v) is 7.17. The molecule has 2 rings (SSSR count). The summed E-state index contributed by atoms with van der Waals surface area (Å²) in [6.45, 7) is 7.28. The van der Waals surface area contributed by atoms with Crippen LogP contribution in [0.2, 0.25) is 0 Å². The largest absolute Gasteiger partial charge is 0.495 e. The zero-order chi connectivity index (χ0) is 15.5. The van der Waals surface area contributed by atoms with Crippen molar-refractivity contribution in [2.24, 2.45) is 0 Å². The van der Waals surface area contributed by atoms with Gasteiger partial charge in [0.2, 0.25) is 0 Å². The lowest BCUT2D eigenvalue weighted by molar-refractivity contribution is 0.416. The second kappa shape index (κ2) is 6.08. The fourth-order valence-corrected chi connectivity index (χ4v) is 2.20. The zero-order valence-corrected chi connectivity index (χ0v) is 13.2. The molecule has 0 amide bonds. The van der Waals surface area contributed by atoms with Crippen molar-refractivity contribution in [3.05, 3.63) is 53.6 Å². The maximum Gasteiger partial charge on any atom is 0.141 e. The van der Waals surface area contributed by atoms with Crippen molar-refractivity contribution in [2.75, 3.05) is 18.2 Å². The van der Waals surface area contributed by atoms with Crippen molar-refractivity contribution in [2.45, 2.75) is 32.7 Å². The van der Waals surface area contributed by atoms with Crippen LogP contribution in [0.25, 0.3) is 0 Å². The Kier molecular flexibility index (Phi) is 4.41. The van der Waals surface area contributed by atoms with E-state index >= 15 is 0 Å². The molecule has 0 saturated heterocycles. The van der Waals surface area contributed by atoms with Gasteiger partial charge in [0.05, 0.1) is 12.8 Å². The first kappa shape index (κ1) is 15.2. The summed E-state index contributed by atoms with van der Waals surface area (Å²) in [5.74, 6) is 0.845. The quantitative estimate of drug-likeness (QED) is 0.828. The molecule has 112 valence electrons. The highest BCUT2D eigenvalue weighted by Gasteiger charge is 2.15. The van der Waals surface area contributed by atoms with Crippen LogP contribution in [0.5, 0.6) is 5.75 Å². The SMILES string of the molecule is COc1ccc(C(C)(C)C)cc1NCc1ccccc1N. The summed E-state index contributed by atoms with van der Waals surface area (Å²) in [5, 5.41) is 3.43. The third-order valence-electron chi connectivity index (χ3n) is 3.59. The fourth-order valence-electron chi connectivity index (χ4n) is 2.20. The maximum atomic E-state index is 5.98. The first-order valence-electron chi connectivity index (χ1n) is 7.17. The first-order chi connectivity index (χ1) is 9.91. The van der Waals surface area contributed by atoms with Gasteiger partial charge < -0.3 is 15.8 Å². The van der Waals surface area contributed by atoms with Crippen LogP contribution in [0.1, 0.15) is 31.9 Å². The van der Waals surface area contributed by atoms with Crippen molar-refractivity contribution in [3.63, 3.8) is 0 Å². The number of nitrogen functional groups attached to an aromatic ring is 1. The van der Waals surface area contributed by atoms with E-state index < -0.39 is 0 Å². The van der Waals surface area contributed by atoms with E-state index in [0.29, 0.717) is 6.54 Å². The average molecular weight is 284 g/mol. The number of methoxy groups -OCH3 is 1. The average Bonchev–Trinajstić information content (AvgIpc) is 2.45. The Balaban J connectivity index is 2.24. The van der Waals surface area contributed by atoms with E-state index in [4.69, 9.17) is 10.5 Å². The minimum absolute atomic E-state index is 0.106. The monoisotopic (exact) mass is 284 g/mol. The lowest BCUT2D eigenvalue weighted by atomic mass is 9.87. The summed E-state index contributed by atoms with van der Waals surface area (Å²) in [6, 6.07) is 14.2. The summed E-state index contributed by atoms with van der Waals surface area (Å²) >= 11 is 0. The van der Waals surface area contributed by atoms with E-state index in [1.807, 2.05) is 30.3 Å². The second-order valence-electron chi connectivity index (χ2n) is 6.22. The van der Waals surface area contributed by atoms with Crippen LogP contribution < -0.4 is 15.8 Å². The Morgan fingerprint density at radius 1 is 1.10 bits per heavy atom. The summed E-state index contributed by atoms with van der Waals surface area (Å²) < 4.78 is 5.44. The Hall–Kier alpha value is -2.16. The number of nitrogens with two attached hydrogens (primary N) is 1. The van der Waals surface area contributed by atoms with Crippen LogP contribution >= 0.6 is 0 Å². The van der Waals surface area contributed by atoms with Gasteiger partial charge >= 0.3 is 0 Å². The highest BCUT2D eigenvalue weighted by atomic mass is 16.5. The van der Waals surface area contributed by atoms with Crippen LogP contribution in [0.15, 0.2) is 42.5 Å². The third kappa shape index (κ3) is 3.69. The van der Waals surface area contributed by atoms with Crippen molar-refractivity contribution in [3.8, 4) is 5.75 Å². The van der Waals surface area contributed by atoms with Gasteiger partial charge in [0, 0.05) is 12.2 Å². The number of hydrogen-bond acceptors (Lipinski definition) is 3. The summed E-state index contributed by atoms with van der Waals surface area (Å²) in [6.07, 6.45) is 0. The molecule has 0 radical (unpaired) electrons. The minimum atomic E-state index is 0.106. The minimum Gasteiger partial charge on any atom is -0.495 e. The number of rotatable bonds is 4. The molecule has 3 nitrogen and oxygen atoms in total. The molecule has 21 heavy (non-hydrogen) atoms. The Bertz CT molecular complexity index is 615. The predicted molar refractivity (Wildman–Crippen MR) is 89.9 cm³/mol. The Labute approximate surface area is 127 Å². The standard InChI is InChI=1S/C18H24N2O/c1-18(2,3)14-9-10-17(21-4)16(11-14)20-12-13-7-5-6-8-15(13)19/h5-11,20H,12,19H2,1-4H3. The lowest BCUT2D eigenvalue weighted by Gasteiger charge is -2.21. The van der Waals surface area contributed by atoms with Gasteiger partial charge in [0.15, 0.2) is 0 Å². The molecule has 0 aliphatic rings. The van der Waals surface area contributed by atoms with Crippen molar-refractivity contribution >= 4 is 11.4 Å². The van der Waals surface area contributed by atoms with E-state index in [0.717, 1.165) is 22.7 Å². The van der Waals surface area contributed by atoms with Gasteiger partial charge in [0.1, 0.15) is 5.75 Å². The molecule has 3 heteroatoms. The molecule has 2 aromatic carbocycles.